The molecular weight excluding hydrogens is 472 g/mol. The van der Waals surface area contributed by atoms with Crippen LogP contribution in [0.1, 0.15) is 16.7 Å². The molecule has 1 aliphatic rings. The fourth-order valence-corrected chi connectivity index (χ4v) is 4.26. The van der Waals surface area contributed by atoms with Crippen LogP contribution in [0.5, 0.6) is 0 Å². The first-order chi connectivity index (χ1) is 18.3. The molecule has 3 aromatic carbocycles. The molecule has 0 aliphatic carbocycles. The first-order valence-electron chi connectivity index (χ1n) is 12.1. The number of hydrogen-bond donors (Lipinski definition) is 1. The topological polar surface area (TPSA) is 118 Å². The monoisotopic (exact) mass is 502 g/mol. The average Bonchev–Trinajstić information content (AvgIpc) is 2.94. The molecule has 1 heterocycles. The van der Waals surface area contributed by atoms with Gasteiger partial charge in [-0.05, 0) is 22.2 Å². The lowest BCUT2D eigenvalue weighted by atomic mass is 9.93. The van der Waals surface area contributed by atoms with Gasteiger partial charge in [0.05, 0.1) is 44.8 Å². The van der Waals surface area contributed by atoms with Crippen LogP contribution in [0.15, 0.2) is 101 Å². The summed E-state index contributed by atoms with van der Waals surface area (Å²) < 4.78 is 24.9. The molecule has 0 amide bonds. The van der Waals surface area contributed by atoms with Crippen molar-refractivity contribution < 1.29 is 24.2 Å². The minimum Gasteiger partial charge on any atom is -0.411 e. The predicted octanol–water partition coefficient (Wildman–Crippen LogP) is 5.28. The first-order valence-corrected chi connectivity index (χ1v) is 12.1. The Balaban J connectivity index is 1.58. The van der Waals surface area contributed by atoms with E-state index in [0.717, 1.165) is 16.7 Å². The van der Waals surface area contributed by atoms with Gasteiger partial charge in [-0.15, -0.1) is 0 Å². The van der Waals surface area contributed by atoms with Crippen LogP contribution < -0.4 is 0 Å². The molecule has 9 nitrogen and oxygen atoms in total. The maximum Gasteiger partial charge on any atom is 0.113 e. The lowest BCUT2D eigenvalue weighted by Gasteiger charge is -2.43. The van der Waals surface area contributed by atoms with E-state index in [1.807, 2.05) is 91.0 Å². The van der Waals surface area contributed by atoms with E-state index in [2.05, 4.69) is 15.2 Å². The molecule has 0 aromatic heterocycles. The standard InChI is InChI=1S/C28H30N4O5/c29-32-31-26-24(16-30-33)37-25(20-34-17-21-10-4-1-5-11-21)27(35-18-22-12-6-2-7-13-22)28(26)36-19-23-14-8-3-9-15-23/h1-16,24-28,33H,17-20H2/b30-16+/t24-,25+,26-,27-,28+/m0/s1. The normalized spacial score (nSPS) is 23.5. The number of hydrogen-bond acceptors (Lipinski definition) is 7. The average molecular weight is 503 g/mol. The van der Waals surface area contributed by atoms with E-state index in [1.165, 1.54) is 6.21 Å². The molecule has 0 radical (unpaired) electrons. The van der Waals surface area contributed by atoms with Gasteiger partial charge in [0.1, 0.15) is 18.3 Å². The number of rotatable bonds is 12. The Bertz CT molecular complexity index is 1140. The zero-order valence-electron chi connectivity index (χ0n) is 20.3. The van der Waals surface area contributed by atoms with Crippen LogP contribution in [0.3, 0.4) is 0 Å². The van der Waals surface area contributed by atoms with Gasteiger partial charge in [-0.1, -0.05) is 101 Å². The molecule has 0 bridgehead atoms. The predicted molar refractivity (Wildman–Crippen MR) is 138 cm³/mol. The van der Waals surface area contributed by atoms with Gasteiger partial charge in [-0.3, -0.25) is 0 Å². The quantitative estimate of drug-likeness (QED) is 0.0903. The van der Waals surface area contributed by atoms with Gasteiger partial charge in [0.2, 0.25) is 0 Å². The Morgan fingerprint density at radius 2 is 1.30 bits per heavy atom. The Kier molecular flexibility index (Phi) is 10.1. The summed E-state index contributed by atoms with van der Waals surface area (Å²) in [5, 5.41) is 16.4. The Morgan fingerprint density at radius 3 is 1.81 bits per heavy atom. The summed E-state index contributed by atoms with van der Waals surface area (Å²) in [5.74, 6) is 0. The molecule has 3 aromatic rings. The zero-order valence-corrected chi connectivity index (χ0v) is 20.3. The molecule has 37 heavy (non-hydrogen) atoms. The highest BCUT2D eigenvalue weighted by molar-refractivity contribution is 5.64. The molecule has 0 spiro atoms. The molecule has 9 heteroatoms. The van der Waals surface area contributed by atoms with E-state index in [0.29, 0.717) is 13.2 Å². The summed E-state index contributed by atoms with van der Waals surface area (Å²) in [6, 6.07) is 28.4. The van der Waals surface area contributed by atoms with Gasteiger partial charge in [0, 0.05) is 4.91 Å². The van der Waals surface area contributed by atoms with Crippen LogP contribution in [0, 0.1) is 0 Å². The molecule has 4 rings (SSSR count). The third kappa shape index (κ3) is 7.63. The Morgan fingerprint density at radius 1 is 0.784 bits per heavy atom. The number of benzene rings is 3. The van der Waals surface area contributed by atoms with Crippen molar-refractivity contribution in [1.29, 1.82) is 0 Å². The van der Waals surface area contributed by atoms with Crippen LogP contribution in [0.2, 0.25) is 0 Å². The third-order valence-corrected chi connectivity index (χ3v) is 6.06. The highest BCUT2D eigenvalue weighted by Crippen LogP contribution is 2.30. The summed E-state index contributed by atoms with van der Waals surface area (Å²) >= 11 is 0. The highest BCUT2D eigenvalue weighted by Gasteiger charge is 2.47. The third-order valence-electron chi connectivity index (χ3n) is 6.06. The van der Waals surface area contributed by atoms with Gasteiger partial charge in [-0.25, -0.2) is 0 Å². The number of azide groups is 1. The van der Waals surface area contributed by atoms with Crippen molar-refractivity contribution in [3.05, 3.63) is 118 Å². The van der Waals surface area contributed by atoms with Crippen LogP contribution in [-0.2, 0) is 38.8 Å². The summed E-state index contributed by atoms with van der Waals surface area (Å²) in [5.41, 5.74) is 12.3. The van der Waals surface area contributed by atoms with Crippen molar-refractivity contribution in [3.63, 3.8) is 0 Å². The fraction of sp³-hybridized carbons (Fsp3) is 0.321. The van der Waals surface area contributed by atoms with Gasteiger partial charge in [-0.2, -0.15) is 0 Å². The van der Waals surface area contributed by atoms with Crippen LogP contribution >= 0.6 is 0 Å². The summed E-state index contributed by atoms with van der Waals surface area (Å²) in [6.07, 6.45) is -1.53. The smallest absolute Gasteiger partial charge is 0.113 e. The lowest BCUT2D eigenvalue weighted by Crippen LogP contribution is -2.60. The maximum atomic E-state index is 9.31. The van der Waals surface area contributed by atoms with Crippen LogP contribution in [0.4, 0.5) is 0 Å². The molecule has 0 unspecified atom stereocenters. The van der Waals surface area contributed by atoms with E-state index in [-0.39, 0.29) is 13.2 Å². The largest absolute Gasteiger partial charge is 0.411 e. The molecule has 1 saturated heterocycles. The van der Waals surface area contributed by atoms with Crippen molar-refractivity contribution in [1.82, 2.24) is 0 Å². The van der Waals surface area contributed by atoms with E-state index >= 15 is 0 Å². The Hall–Kier alpha value is -3.72. The minimum atomic E-state index is -0.830. The molecular formula is C28H30N4O5. The van der Waals surface area contributed by atoms with Gasteiger partial charge >= 0.3 is 0 Å². The van der Waals surface area contributed by atoms with E-state index in [4.69, 9.17) is 18.9 Å². The summed E-state index contributed by atoms with van der Waals surface area (Å²) in [4.78, 5) is 3.01. The van der Waals surface area contributed by atoms with Gasteiger partial charge in [0.25, 0.3) is 0 Å². The van der Waals surface area contributed by atoms with Crippen molar-refractivity contribution in [2.75, 3.05) is 6.61 Å². The molecule has 5 atom stereocenters. The van der Waals surface area contributed by atoms with E-state index in [1.54, 1.807) is 0 Å². The minimum absolute atomic E-state index is 0.193. The second kappa shape index (κ2) is 14.1. The van der Waals surface area contributed by atoms with Crippen molar-refractivity contribution in [3.8, 4) is 0 Å². The van der Waals surface area contributed by atoms with Crippen molar-refractivity contribution in [2.24, 2.45) is 10.3 Å². The molecule has 1 fully saturated rings. The molecule has 192 valence electrons. The zero-order chi connectivity index (χ0) is 25.7. The lowest BCUT2D eigenvalue weighted by molar-refractivity contribution is -0.214. The molecule has 1 aliphatic heterocycles. The second-order valence-electron chi connectivity index (χ2n) is 8.62. The van der Waals surface area contributed by atoms with Gasteiger partial charge in [0.15, 0.2) is 0 Å². The van der Waals surface area contributed by atoms with Crippen LogP contribution in [-0.4, -0.2) is 48.5 Å². The Labute approximate surface area is 215 Å². The summed E-state index contributed by atoms with van der Waals surface area (Å²) in [6.45, 7) is 1.16. The fourth-order valence-electron chi connectivity index (χ4n) is 4.26. The SMILES string of the molecule is [N-]=[N+]=N[C@@H]1[C@@H](OCc2ccccc2)[C@@H](OCc2ccccc2)[C@@H](COCc2ccccc2)O[C@H]1/C=N/O. The maximum absolute atomic E-state index is 9.31. The summed E-state index contributed by atoms with van der Waals surface area (Å²) in [7, 11) is 0. The van der Waals surface area contributed by atoms with Crippen molar-refractivity contribution in [2.45, 2.75) is 50.3 Å². The molecule has 0 saturated carbocycles. The first kappa shape index (κ1) is 26.3. The number of ether oxygens (including phenoxy) is 4. The second-order valence-corrected chi connectivity index (χ2v) is 8.62. The van der Waals surface area contributed by atoms with Crippen LogP contribution in [0.25, 0.3) is 10.4 Å². The number of nitrogens with zero attached hydrogens (tertiary/aromatic N) is 4. The molecule has 1 N–H and O–H groups in total. The highest BCUT2D eigenvalue weighted by atomic mass is 16.6. The number of oxime groups is 1. The van der Waals surface area contributed by atoms with Crippen molar-refractivity contribution >= 4 is 6.21 Å². The van der Waals surface area contributed by atoms with E-state index in [9.17, 15) is 10.7 Å². The van der Waals surface area contributed by atoms with E-state index < -0.39 is 30.5 Å². The van der Waals surface area contributed by atoms with Gasteiger partial charge < -0.3 is 24.2 Å².